The van der Waals surface area contributed by atoms with Crippen molar-refractivity contribution in [3.05, 3.63) is 28.8 Å². The summed E-state index contributed by atoms with van der Waals surface area (Å²) in [6.07, 6.45) is 2.19. The molecule has 1 unspecified atom stereocenters. The zero-order valence-electron chi connectivity index (χ0n) is 10.7. The highest BCUT2D eigenvalue weighted by Crippen LogP contribution is 2.25. The van der Waals surface area contributed by atoms with Gasteiger partial charge in [0.05, 0.1) is 10.6 Å². The maximum atomic E-state index is 8.86. The summed E-state index contributed by atoms with van der Waals surface area (Å²) in [7, 11) is 0. The molecule has 0 amide bonds. The number of nitriles is 1. The molecule has 0 bridgehead atoms. The quantitative estimate of drug-likeness (QED) is 0.782. The van der Waals surface area contributed by atoms with Gasteiger partial charge in [-0.05, 0) is 38.0 Å². The average molecular weight is 251 g/mol. The molecule has 1 rings (SSSR count). The Hall–Kier alpha value is -1.20. The lowest BCUT2D eigenvalue weighted by Crippen LogP contribution is -2.33. The van der Waals surface area contributed by atoms with Crippen molar-refractivity contribution in [2.24, 2.45) is 0 Å². The number of anilines is 1. The molecule has 0 aliphatic heterocycles. The number of hydrogen-bond donors (Lipinski definition) is 0. The van der Waals surface area contributed by atoms with E-state index >= 15 is 0 Å². The van der Waals surface area contributed by atoms with E-state index in [1.165, 1.54) is 0 Å². The highest BCUT2D eigenvalue weighted by Gasteiger charge is 2.13. The van der Waals surface area contributed by atoms with E-state index in [0.29, 0.717) is 16.6 Å². The number of benzene rings is 1. The van der Waals surface area contributed by atoms with Crippen LogP contribution in [-0.2, 0) is 0 Å². The maximum Gasteiger partial charge on any atom is 0.101 e. The SMILES string of the molecule is CCCN(c1ccc(C#N)c(Cl)c1)C(C)CC. The number of nitrogens with zero attached hydrogens (tertiary/aromatic N) is 2. The van der Waals surface area contributed by atoms with Crippen molar-refractivity contribution in [3.63, 3.8) is 0 Å². The lowest BCUT2D eigenvalue weighted by Gasteiger charge is -2.30. The summed E-state index contributed by atoms with van der Waals surface area (Å²) in [5.74, 6) is 0. The number of halogens is 1. The summed E-state index contributed by atoms with van der Waals surface area (Å²) >= 11 is 6.07. The van der Waals surface area contributed by atoms with Gasteiger partial charge < -0.3 is 4.90 Å². The Labute approximate surface area is 109 Å². The van der Waals surface area contributed by atoms with E-state index in [2.05, 4.69) is 31.7 Å². The van der Waals surface area contributed by atoms with E-state index in [9.17, 15) is 0 Å². The monoisotopic (exact) mass is 250 g/mol. The molecule has 1 aromatic carbocycles. The normalized spacial score (nSPS) is 11.9. The Morgan fingerprint density at radius 2 is 2.12 bits per heavy atom. The van der Waals surface area contributed by atoms with Gasteiger partial charge in [0.25, 0.3) is 0 Å². The van der Waals surface area contributed by atoms with Crippen molar-refractivity contribution < 1.29 is 0 Å². The van der Waals surface area contributed by atoms with Crippen LogP contribution in [0.25, 0.3) is 0 Å². The lowest BCUT2D eigenvalue weighted by molar-refractivity contribution is 0.610. The molecule has 1 atom stereocenters. The Balaban J connectivity index is 3.03. The van der Waals surface area contributed by atoms with Crippen LogP contribution in [0.2, 0.25) is 5.02 Å². The van der Waals surface area contributed by atoms with Crippen molar-refractivity contribution in [3.8, 4) is 6.07 Å². The van der Waals surface area contributed by atoms with E-state index in [1.807, 2.05) is 12.1 Å². The van der Waals surface area contributed by atoms with Gasteiger partial charge >= 0.3 is 0 Å². The van der Waals surface area contributed by atoms with E-state index < -0.39 is 0 Å². The fourth-order valence-electron chi connectivity index (χ4n) is 1.84. The summed E-state index contributed by atoms with van der Waals surface area (Å²) < 4.78 is 0. The molecule has 0 aliphatic carbocycles. The van der Waals surface area contributed by atoms with Crippen LogP contribution in [0.15, 0.2) is 18.2 Å². The molecule has 0 heterocycles. The van der Waals surface area contributed by atoms with Crippen LogP contribution < -0.4 is 4.90 Å². The summed E-state index contributed by atoms with van der Waals surface area (Å²) in [5, 5.41) is 9.40. The second-order valence-corrected chi connectivity index (χ2v) is 4.63. The summed E-state index contributed by atoms with van der Waals surface area (Å²) in [6, 6.07) is 8.23. The summed E-state index contributed by atoms with van der Waals surface area (Å²) in [4.78, 5) is 2.34. The van der Waals surface area contributed by atoms with Gasteiger partial charge in [-0.2, -0.15) is 5.26 Å². The van der Waals surface area contributed by atoms with E-state index in [4.69, 9.17) is 16.9 Å². The van der Waals surface area contributed by atoms with Crippen LogP contribution in [0.3, 0.4) is 0 Å². The highest BCUT2D eigenvalue weighted by atomic mass is 35.5. The van der Waals surface area contributed by atoms with E-state index in [0.717, 1.165) is 25.1 Å². The Kier molecular flexibility index (Phi) is 5.31. The predicted molar refractivity (Wildman–Crippen MR) is 73.6 cm³/mol. The first-order chi connectivity index (χ1) is 8.13. The molecule has 1 aromatic rings. The Morgan fingerprint density at radius 3 is 2.59 bits per heavy atom. The van der Waals surface area contributed by atoms with Crippen molar-refractivity contribution in [2.75, 3.05) is 11.4 Å². The van der Waals surface area contributed by atoms with Gasteiger partial charge in [0.15, 0.2) is 0 Å². The first-order valence-corrected chi connectivity index (χ1v) is 6.48. The minimum atomic E-state index is 0.485. The topological polar surface area (TPSA) is 27.0 Å². The molecular formula is C14H19ClN2. The molecular weight excluding hydrogens is 232 g/mol. The molecule has 0 aromatic heterocycles. The van der Waals surface area contributed by atoms with Gasteiger partial charge in [0.1, 0.15) is 6.07 Å². The maximum absolute atomic E-state index is 8.86. The minimum absolute atomic E-state index is 0.485. The molecule has 17 heavy (non-hydrogen) atoms. The van der Waals surface area contributed by atoms with Crippen LogP contribution in [0.4, 0.5) is 5.69 Å². The van der Waals surface area contributed by atoms with Crippen LogP contribution >= 0.6 is 11.6 Å². The molecule has 0 N–H and O–H groups in total. The van der Waals surface area contributed by atoms with Gasteiger partial charge in [-0.3, -0.25) is 0 Å². The molecule has 92 valence electrons. The van der Waals surface area contributed by atoms with Crippen LogP contribution in [0, 0.1) is 11.3 Å². The third-order valence-corrected chi connectivity index (χ3v) is 3.30. The van der Waals surface area contributed by atoms with Gasteiger partial charge in [0, 0.05) is 18.3 Å². The van der Waals surface area contributed by atoms with Gasteiger partial charge in [-0.15, -0.1) is 0 Å². The third-order valence-electron chi connectivity index (χ3n) is 2.99. The largest absolute Gasteiger partial charge is 0.369 e. The van der Waals surface area contributed by atoms with E-state index in [1.54, 1.807) is 6.07 Å². The van der Waals surface area contributed by atoms with Crippen molar-refractivity contribution in [1.82, 2.24) is 0 Å². The fourth-order valence-corrected chi connectivity index (χ4v) is 2.06. The van der Waals surface area contributed by atoms with Gasteiger partial charge in [-0.25, -0.2) is 0 Å². The minimum Gasteiger partial charge on any atom is -0.369 e. The third kappa shape index (κ3) is 3.38. The van der Waals surface area contributed by atoms with Crippen LogP contribution in [-0.4, -0.2) is 12.6 Å². The molecule has 2 nitrogen and oxygen atoms in total. The van der Waals surface area contributed by atoms with Crippen molar-refractivity contribution in [2.45, 2.75) is 39.7 Å². The smallest absolute Gasteiger partial charge is 0.101 e. The average Bonchev–Trinajstić information content (AvgIpc) is 2.35. The Morgan fingerprint density at radius 1 is 1.41 bits per heavy atom. The fraction of sp³-hybridized carbons (Fsp3) is 0.500. The number of rotatable bonds is 5. The second-order valence-electron chi connectivity index (χ2n) is 4.23. The molecule has 0 spiro atoms. The molecule has 0 fully saturated rings. The standard InChI is InChI=1S/C14H19ClN2/c1-4-8-17(11(3)5-2)13-7-6-12(10-16)14(15)9-13/h6-7,9,11H,4-5,8H2,1-3H3. The van der Waals surface area contributed by atoms with Crippen molar-refractivity contribution >= 4 is 17.3 Å². The lowest BCUT2D eigenvalue weighted by atomic mass is 10.1. The molecule has 0 saturated heterocycles. The number of hydrogen-bond acceptors (Lipinski definition) is 2. The Bertz CT molecular complexity index is 409. The zero-order chi connectivity index (χ0) is 12.8. The zero-order valence-corrected chi connectivity index (χ0v) is 11.5. The summed E-state index contributed by atoms with van der Waals surface area (Å²) in [5.41, 5.74) is 1.64. The second kappa shape index (κ2) is 6.51. The molecule has 0 saturated carbocycles. The first kappa shape index (κ1) is 13.9. The van der Waals surface area contributed by atoms with E-state index in [-0.39, 0.29) is 0 Å². The van der Waals surface area contributed by atoms with Crippen molar-refractivity contribution in [1.29, 1.82) is 5.26 Å². The van der Waals surface area contributed by atoms with Gasteiger partial charge in [0.2, 0.25) is 0 Å². The van der Waals surface area contributed by atoms with Crippen LogP contribution in [0.1, 0.15) is 39.2 Å². The van der Waals surface area contributed by atoms with Crippen LogP contribution in [0.5, 0.6) is 0 Å². The predicted octanol–water partition coefficient (Wildman–Crippen LogP) is 4.23. The molecule has 0 aliphatic rings. The first-order valence-electron chi connectivity index (χ1n) is 6.10. The summed E-state index contributed by atoms with van der Waals surface area (Å²) in [6.45, 7) is 7.57. The van der Waals surface area contributed by atoms with Gasteiger partial charge in [-0.1, -0.05) is 25.4 Å². The molecule has 0 radical (unpaired) electrons. The molecule has 3 heteroatoms. The highest BCUT2D eigenvalue weighted by molar-refractivity contribution is 6.32.